The van der Waals surface area contributed by atoms with Gasteiger partial charge in [-0.3, -0.25) is 9.59 Å². The quantitative estimate of drug-likeness (QED) is 0.645. The van der Waals surface area contributed by atoms with Gasteiger partial charge in [0.25, 0.3) is 0 Å². The predicted molar refractivity (Wildman–Crippen MR) is 102 cm³/mol. The fourth-order valence-corrected chi connectivity index (χ4v) is 3.00. The van der Waals surface area contributed by atoms with E-state index in [4.69, 9.17) is 4.42 Å². The maximum Gasteiger partial charge on any atom is 0.221 e. The van der Waals surface area contributed by atoms with Gasteiger partial charge in [-0.05, 0) is 44.5 Å². The summed E-state index contributed by atoms with van der Waals surface area (Å²) in [6.07, 6.45) is 0.361. The molecule has 1 N–H and O–H groups in total. The van der Waals surface area contributed by atoms with Crippen LogP contribution < -0.4 is 5.32 Å². The summed E-state index contributed by atoms with van der Waals surface area (Å²) in [5.74, 6) is 0.551. The Hall–Kier alpha value is -2.88. The number of carbonyl (C=O) groups is 2. The Kier molecular flexibility index (Phi) is 5.21. The molecule has 2 aromatic carbocycles. The third-order valence-electron chi connectivity index (χ3n) is 4.52. The number of ketones is 1. The first-order valence-corrected chi connectivity index (χ1v) is 8.82. The normalized spacial score (nSPS) is 12.1. The SMILES string of the molecule is Cc1ccc(C)c(C(=O)CCC(=O)N[C@H](C)c2cc3ccccc3o2)c1. The summed E-state index contributed by atoms with van der Waals surface area (Å²) in [4.78, 5) is 24.6. The number of fused-ring (bicyclic) bond motifs is 1. The lowest BCUT2D eigenvalue weighted by Gasteiger charge is -2.11. The van der Waals surface area contributed by atoms with E-state index < -0.39 is 0 Å². The Balaban J connectivity index is 1.58. The number of furan rings is 1. The summed E-state index contributed by atoms with van der Waals surface area (Å²) in [5.41, 5.74) is 3.48. The number of hydrogen-bond donors (Lipinski definition) is 1. The average Bonchev–Trinajstić information content (AvgIpc) is 3.06. The third-order valence-corrected chi connectivity index (χ3v) is 4.52. The van der Waals surface area contributed by atoms with Crippen LogP contribution in [0.15, 0.2) is 52.9 Å². The fourth-order valence-electron chi connectivity index (χ4n) is 3.00. The van der Waals surface area contributed by atoms with E-state index in [0.717, 1.165) is 22.1 Å². The number of nitrogens with one attached hydrogen (secondary N) is 1. The minimum absolute atomic E-state index is 0.00209. The molecular weight excluding hydrogens is 326 g/mol. The van der Waals surface area contributed by atoms with Gasteiger partial charge in [-0.2, -0.15) is 0 Å². The van der Waals surface area contributed by atoms with E-state index in [1.54, 1.807) is 0 Å². The molecule has 4 nitrogen and oxygen atoms in total. The molecule has 1 aromatic heterocycles. The zero-order valence-corrected chi connectivity index (χ0v) is 15.3. The van der Waals surface area contributed by atoms with Crippen LogP contribution in [0.25, 0.3) is 11.0 Å². The Morgan fingerprint density at radius 1 is 1.04 bits per heavy atom. The van der Waals surface area contributed by atoms with Gasteiger partial charge in [0.05, 0.1) is 6.04 Å². The molecular formula is C22H23NO3. The van der Waals surface area contributed by atoms with Crippen molar-refractivity contribution < 1.29 is 14.0 Å². The lowest BCUT2D eigenvalue weighted by Crippen LogP contribution is -2.26. The molecule has 0 saturated heterocycles. The van der Waals surface area contributed by atoms with Gasteiger partial charge < -0.3 is 9.73 Å². The maximum absolute atomic E-state index is 12.4. The lowest BCUT2D eigenvalue weighted by atomic mass is 9.99. The highest BCUT2D eigenvalue weighted by Gasteiger charge is 2.16. The van der Waals surface area contributed by atoms with Crippen LogP contribution in [0, 0.1) is 13.8 Å². The molecule has 0 unspecified atom stereocenters. The zero-order valence-electron chi connectivity index (χ0n) is 15.3. The first-order valence-electron chi connectivity index (χ1n) is 8.82. The van der Waals surface area contributed by atoms with E-state index >= 15 is 0 Å². The number of aryl methyl sites for hydroxylation is 2. The first-order chi connectivity index (χ1) is 12.4. The van der Waals surface area contributed by atoms with E-state index in [1.165, 1.54) is 0 Å². The monoisotopic (exact) mass is 349 g/mol. The van der Waals surface area contributed by atoms with Gasteiger partial charge >= 0.3 is 0 Å². The van der Waals surface area contributed by atoms with E-state index in [-0.39, 0.29) is 30.6 Å². The number of carbonyl (C=O) groups excluding carboxylic acids is 2. The zero-order chi connectivity index (χ0) is 18.7. The second kappa shape index (κ2) is 7.56. The van der Waals surface area contributed by atoms with Gasteiger partial charge in [-0.1, -0.05) is 35.9 Å². The van der Waals surface area contributed by atoms with Crippen molar-refractivity contribution in [3.05, 3.63) is 71.0 Å². The third kappa shape index (κ3) is 4.02. The van der Waals surface area contributed by atoms with Crippen molar-refractivity contribution in [1.29, 1.82) is 0 Å². The number of Topliss-reactive ketones (excluding diaryl/α,β-unsaturated/α-hetero) is 1. The van der Waals surface area contributed by atoms with Crippen molar-refractivity contribution in [3.63, 3.8) is 0 Å². The van der Waals surface area contributed by atoms with E-state index in [9.17, 15) is 9.59 Å². The highest BCUT2D eigenvalue weighted by atomic mass is 16.3. The summed E-state index contributed by atoms with van der Waals surface area (Å²) in [6, 6.07) is 15.2. The van der Waals surface area contributed by atoms with Gasteiger partial charge in [0, 0.05) is 23.8 Å². The standard InChI is InChI=1S/C22H23NO3/c1-14-8-9-15(2)18(12-14)19(24)10-11-22(25)23-16(3)21-13-17-6-4-5-7-20(17)26-21/h4-9,12-13,16H,10-11H2,1-3H3,(H,23,25)/t16-/m1/s1. The Bertz CT molecular complexity index is 922. The van der Waals surface area contributed by atoms with Gasteiger partial charge in [-0.25, -0.2) is 0 Å². The van der Waals surface area contributed by atoms with Gasteiger partial charge in [0.2, 0.25) is 5.91 Å². The van der Waals surface area contributed by atoms with E-state index in [2.05, 4.69) is 5.32 Å². The van der Waals surface area contributed by atoms with Crippen LogP contribution in [-0.2, 0) is 4.79 Å². The summed E-state index contributed by atoms with van der Waals surface area (Å²) >= 11 is 0. The summed E-state index contributed by atoms with van der Waals surface area (Å²) < 4.78 is 5.77. The first kappa shape index (κ1) is 17.9. The molecule has 0 aliphatic rings. The molecule has 1 atom stereocenters. The largest absolute Gasteiger partial charge is 0.459 e. The minimum atomic E-state index is -0.245. The Morgan fingerprint density at radius 3 is 2.58 bits per heavy atom. The second-order valence-corrected chi connectivity index (χ2v) is 6.72. The molecule has 0 aliphatic heterocycles. The van der Waals surface area contributed by atoms with Crippen LogP contribution >= 0.6 is 0 Å². The van der Waals surface area contributed by atoms with Crippen LogP contribution in [0.3, 0.4) is 0 Å². The number of para-hydroxylation sites is 1. The molecule has 26 heavy (non-hydrogen) atoms. The molecule has 0 bridgehead atoms. The number of amides is 1. The van der Waals surface area contributed by atoms with Crippen LogP contribution in [0.2, 0.25) is 0 Å². The molecule has 134 valence electrons. The maximum atomic E-state index is 12.4. The molecule has 0 radical (unpaired) electrons. The molecule has 3 rings (SSSR count). The van der Waals surface area contributed by atoms with E-state index in [1.807, 2.05) is 69.3 Å². The van der Waals surface area contributed by atoms with Crippen molar-refractivity contribution in [2.75, 3.05) is 0 Å². The highest BCUT2D eigenvalue weighted by molar-refractivity contribution is 5.99. The van der Waals surface area contributed by atoms with Crippen LogP contribution in [0.5, 0.6) is 0 Å². The average molecular weight is 349 g/mol. The highest BCUT2D eigenvalue weighted by Crippen LogP contribution is 2.23. The van der Waals surface area contributed by atoms with Crippen LogP contribution in [0.4, 0.5) is 0 Å². The van der Waals surface area contributed by atoms with Crippen LogP contribution in [0.1, 0.15) is 53.1 Å². The van der Waals surface area contributed by atoms with Gasteiger partial charge in [-0.15, -0.1) is 0 Å². The molecule has 0 aliphatic carbocycles. The molecule has 1 heterocycles. The fraction of sp³-hybridized carbons (Fsp3) is 0.273. The topological polar surface area (TPSA) is 59.3 Å². The molecule has 0 saturated carbocycles. The van der Waals surface area contributed by atoms with Crippen molar-refractivity contribution in [1.82, 2.24) is 5.32 Å². The molecule has 0 fully saturated rings. The van der Waals surface area contributed by atoms with Crippen molar-refractivity contribution in [3.8, 4) is 0 Å². The smallest absolute Gasteiger partial charge is 0.221 e. The van der Waals surface area contributed by atoms with Crippen LogP contribution in [-0.4, -0.2) is 11.7 Å². The van der Waals surface area contributed by atoms with Crippen molar-refractivity contribution >= 4 is 22.7 Å². The second-order valence-electron chi connectivity index (χ2n) is 6.72. The lowest BCUT2D eigenvalue weighted by molar-refractivity contribution is -0.121. The number of benzene rings is 2. The number of rotatable bonds is 6. The molecule has 0 spiro atoms. The predicted octanol–water partition coefficient (Wildman–Crippen LogP) is 4.89. The molecule has 1 amide bonds. The minimum Gasteiger partial charge on any atom is -0.459 e. The van der Waals surface area contributed by atoms with Gasteiger partial charge in [0.1, 0.15) is 11.3 Å². The summed E-state index contributed by atoms with van der Waals surface area (Å²) in [7, 11) is 0. The Labute approximate surface area is 153 Å². The van der Waals surface area contributed by atoms with Crippen molar-refractivity contribution in [2.45, 2.75) is 39.7 Å². The number of hydrogen-bond acceptors (Lipinski definition) is 3. The van der Waals surface area contributed by atoms with E-state index in [0.29, 0.717) is 11.3 Å². The van der Waals surface area contributed by atoms with Gasteiger partial charge in [0.15, 0.2) is 5.78 Å². The summed E-state index contributed by atoms with van der Waals surface area (Å²) in [6.45, 7) is 5.75. The Morgan fingerprint density at radius 2 is 1.81 bits per heavy atom. The summed E-state index contributed by atoms with van der Waals surface area (Å²) in [5, 5.41) is 3.91. The van der Waals surface area contributed by atoms with Crippen molar-refractivity contribution in [2.24, 2.45) is 0 Å². The molecule has 3 aromatic rings. The molecule has 4 heteroatoms.